The minimum atomic E-state index is -3.69. The number of hydrogen-bond acceptors (Lipinski definition) is 3. The van der Waals surface area contributed by atoms with E-state index in [2.05, 4.69) is 60.1 Å². The van der Waals surface area contributed by atoms with Crippen molar-refractivity contribution in [2.45, 2.75) is 30.2 Å². The molecule has 1 heterocycles. The molecule has 0 N–H and O–H groups in total. The maximum absolute atomic E-state index is 13.0. The Morgan fingerprint density at radius 2 is 1.58 bits per heavy atom. The Hall–Kier alpha value is -3.50. The van der Waals surface area contributed by atoms with Crippen LogP contribution in [0, 0.1) is 0 Å². The van der Waals surface area contributed by atoms with Crippen LogP contribution in [-0.4, -0.2) is 13.4 Å². The Kier molecular flexibility index (Phi) is 4.59. The summed E-state index contributed by atoms with van der Waals surface area (Å²) in [6.45, 7) is 3.56. The molecule has 1 aliphatic rings. The van der Waals surface area contributed by atoms with Crippen LogP contribution in [0.1, 0.15) is 35.4 Å². The lowest BCUT2D eigenvalue weighted by Gasteiger charge is -2.28. The van der Waals surface area contributed by atoms with Gasteiger partial charge in [-0.2, -0.15) is 0 Å². The molecule has 0 radical (unpaired) electrons. The van der Waals surface area contributed by atoms with Gasteiger partial charge in [0.25, 0.3) is 0 Å². The van der Waals surface area contributed by atoms with Crippen molar-refractivity contribution in [3.63, 3.8) is 0 Å². The van der Waals surface area contributed by atoms with E-state index >= 15 is 0 Å². The number of aryl methyl sites for hydroxylation is 1. The SMILES string of the molecule is C=CS(=O)(=O)c1nc2ccccc2cc1C1CCCc2c1ccc1c2ccc2ccccc21. The Morgan fingerprint density at radius 3 is 2.42 bits per heavy atom. The predicted molar refractivity (Wildman–Crippen MR) is 135 cm³/mol. The standard InChI is InChI=1S/C29H23NO2S/c1-2-33(31,32)29-27(18-20-9-4-6-13-28(20)30-29)23-12-7-11-22-25-15-14-19-8-3-5-10-21(19)24(25)16-17-26(22)23/h2-6,8-10,13-18,23H,1,7,11-12H2. The lowest BCUT2D eigenvalue weighted by molar-refractivity contribution is 0.586. The highest BCUT2D eigenvalue weighted by Crippen LogP contribution is 2.43. The van der Waals surface area contributed by atoms with Gasteiger partial charge in [0.2, 0.25) is 9.84 Å². The molecule has 5 aromatic rings. The number of rotatable bonds is 3. The highest BCUT2D eigenvalue weighted by atomic mass is 32.2. The summed E-state index contributed by atoms with van der Waals surface area (Å²) >= 11 is 0. The van der Waals surface area contributed by atoms with E-state index in [-0.39, 0.29) is 10.9 Å². The maximum atomic E-state index is 13.0. The van der Waals surface area contributed by atoms with E-state index in [0.29, 0.717) is 5.52 Å². The van der Waals surface area contributed by atoms with E-state index < -0.39 is 9.84 Å². The number of aromatic nitrogens is 1. The van der Waals surface area contributed by atoms with E-state index in [1.165, 1.54) is 32.7 Å². The van der Waals surface area contributed by atoms with Crippen LogP contribution in [0.5, 0.6) is 0 Å². The second-order valence-corrected chi connectivity index (χ2v) is 10.6. The summed E-state index contributed by atoms with van der Waals surface area (Å²) in [7, 11) is -3.69. The van der Waals surface area contributed by atoms with Gasteiger partial charge in [-0.05, 0) is 69.6 Å². The zero-order chi connectivity index (χ0) is 22.6. The topological polar surface area (TPSA) is 47.0 Å². The fraction of sp³-hybridized carbons (Fsp3) is 0.138. The molecule has 1 aromatic heterocycles. The summed E-state index contributed by atoms with van der Waals surface area (Å²) < 4.78 is 26.0. The van der Waals surface area contributed by atoms with Crippen LogP contribution in [0.4, 0.5) is 0 Å². The van der Waals surface area contributed by atoms with Gasteiger partial charge in [0.15, 0.2) is 5.03 Å². The van der Waals surface area contributed by atoms with Crippen LogP contribution in [0.3, 0.4) is 0 Å². The molecule has 0 saturated carbocycles. The normalized spacial score (nSPS) is 16.2. The van der Waals surface area contributed by atoms with Gasteiger partial charge < -0.3 is 0 Å². The average molecular weight is 450 g/mol. The number of nitrogens with zero attached hydrogens (tertiary/aromatic N) is 1. The van der Waals surface area contributed by atoms with Gasteiger partial charge in [0, 0.05) is 16.7 Å². The zero-order valence-electron chi connectivity index (χ0n) is 18.2. The van der Waals surface area contributed by atoms with Gasteiger partial charge in [0.1, 0.15) is 0 Å². The van der Waals surface area contributed by atoms with E-state index in [1.54, 1.807) is 0 Å². The minimum absolute atomic E-state index is 0.0218. The molecule has 4 aromatic carbocycles. The largest absolute Gasteiger partial charge is 0.236 e. The summed E-state index contributed by atoms with van der Waals surface area (Å²) in [6, 6.07) is 27.0. The third-order valence-electron chi connectivity index (χ3n) is 6.95. The molecular weight excluding hydrogens is 426 g/mol. The van der Waals surface area contributed by atoms with Crippen molar-refractivity contribution in [1.29, 1.82) is 0 Å². The van der Waals surface area contributed by atoms with Gasteiger partial charge in [-0.1, -0.05) is 73.3 Å². The van der Waals surface area contributed by atoms with Crippen molar-refractivity contribution in [1.82, 2.24) is 4.98 Å². The number of para-hydroxylation sites is 1. The molecule has 0 aliphatic heterocycles. The zero-order valence-corrected chi connectivity index (χ0v) is 19.0. The number of sulfone groups is 1. The van der Waals surface area contributed by atoms with Crippen LogP contribution in [0.25, 0.3) is 32.4 Å². The smallest absolute Gasteiger partial charge is 0.216 e. The Balaban J connectivity index is 1.63. The molecular formula is C29H23NO2S. The number of pyridine rings is 1. The van der Waals surface area contributed by atoms with Crippen LogP contribution in [-0.2, 0) is 16.3 Å². The second kappa shape index (κ2) is 7.53. The predicted octanol–water partition coefficient (Wildman–Crippen LogP) is 6.93. The number of hydrogen-bond donors (Lipinski definition) is 0. The third-order valence-corrected chi connectivity index (χ3v) is 8.25. The maximum Gasteiger partial charge on any atom is 0.216 e. The van der Waals surface area contributed by atoms with Crippen molar-refractivity contribution in [3.05, 3.63) is 108 Å². The van der Waals surface area contributed by atoms with Crippen molar-refractivity contribution in [2.24, 2.45) is 0 Å². The highest BCUT2D eigenvalue weighted by Gasteiger charge is 2.29. The quantitative estimate of drug-likeness (QED) is 0.281. The van der Waals surface area contributed by atoms with Crippen LogP contribution >= 0.6 is 0 Å². The summed E-state index contributed by atoms with van der Waals surface area (Å²) in [6.07, 6.45) is 2.89. The molecule has 6 rings (SSSR count). The van der Waals surface area contributed by atoms with Gasteiger partial charge in [-0.3, -0.25) is 0 Å². The van der Waals surface area contributed by atoms with Gasteiger partial charge >= 0.3 is 0 Å². The van der Waals surface area contributed by atoms with Crippen molar-refractivity contribution in [2.75, 3.05) is 0 Å². The first-order valence-corrected chi connectivity index (χ1v) is 12.8. The van der Waals surface area contributed by atoms with E-state index in [1.807, 2.05) is 30.3 Å². The first-order chi connectivity index (χ1) is 16.1. The summed E-state index contributed by atoms with van der Waals surface area (Å²) in [5.74, 6) is -0.0218. The van der Waals surface area contributed by atoms with Crippen molar-refractivity contribution < 1.29 is 8.42 Å². The molecule has 1 aliphatic carbocycles. The fourth-order valence-corrected chi connectivity index (χ4v) is 6.32. The van der Waals surface area contributed by atoms with Gasteiger partial charge in [0.05, 0.1) is 5.52 Å². The molecule has 4 heteroatoms. The summed E-state index contributed by atoms with van der Waals surface area (Å²) in [5, 5.41) is 7.10. The van der Waals surface area contributed by atoms with E-state index in [4.69, 9.17) is 0 Å². The van der Waals surface area contributed by atoms with Crippen LogP contribution in [0.15, 0.2) is 95.9 Å². The molecule has 33 heavy (non-hydrogen) atoms. The summed E-state index contributed by atoms with van der Waals surface area (Å²) in [5.41, 5.74) is 3.99. The van der Waals surface area contributed by atoms with Crippen LogP contribution in [0.2, 0.25) is 0 Å². The third kappa shape index (κ3) is 3.17. The second-order valence-electron chi connectivity index (χ2n) is 8.75. The molecule has 3 nitrogen and oxygen atoms in total. The first kappa shape index (κ1) is 20.1. The molecule has 0 spiro atoms. The molecule has 0 bridgehead atoms. The molecule has 162 valence electrons. The average Bonchev–Trinajstić information content (AvgIpc) is 2.87. The molecule has 0 amide bonds. The molecule has 0 fully saturated rings. The lowest BCUT2D eigenvalue weighted by atomic mass is 9.77. The number of benzene rings is 4. The summed E-state index contributed by atoms with van der Waals surface area (Å²) in [4.78, 5) is 4.61. The molecule has 0 saturated heterocycles. The van der Waals surface area contributed by atoms with Gasteiger partial charge in [-0.15, -0.1) is 0 Å². The molecule has 1 atom stereocenters. The number of fused-ring (bicyclic) bond motifs is 6. The van der Waals surface area contributed by atoms with E-state index in [0.717, 1.165) is 35.6 Å². The van der Waals surface area contributed by atoms with Crippen molar-refractivity contribution in [3.8, 4) is 0 Å². The van der Waals surface area contributed by atoms with Crippen LogP contribution < -0.4 is 0 Å². The fourth-order valence-electron chi connectivity index (χ4n) is 5.41. The Morgan fingerprint density at radius 1 is 0.818 bits per heavy atom. The highest BCUT2D eigenvalue weighted by molar-refractivity contribution is 7.94. The monoisotopic (exact) mass is 449 g/mol. The minimum Gasteiger partial charge on any atom is -0.236 e. The Labute approximate surface area is 193 Å². The van der Waals surface area contributed by atoms with Gasteiger partial charge in [-0.25, -0.2) is 13.4 Å². The lowest BCUT2D eigenvalue weighted by Crippen LogP contribution is -2.15. The molecule has 1 unspecified atom stereocenters. The van der Waals surface area contributed by atoms with Crippen molar-refractivity contribution >= 4 is 42.3 Å². The Bertz CT molecular complexity index is 1690. The first-order valence-electron chi connectivity index (χ1n) is 11.3. The van der Waals surface area contributed by atoms with E-state index in [9.17, 15) is 8.42 Å².